The summed E-state index contributed by atoms with van der Waals surface area (Å²) in [5, 5.41) is 0.679. The fourth-order valence-electron chi connectivity index (χ4n) is 1.98. The molecule has 0 fully saturated rings. The Labute approximate surface area is 143 Å². The third-order valence-corrected chi connectivity index (χ3v) is 4.42. The number of ether oxygens (including phenoxy) is 2. The fraction of sp³-hybridized carbons (Fsp3) is 0.286. The quantitative estimate of drug-likeness (QED) is 0.817. The summed E-state index contributed by atoms with van der Waals surface area (Å²) in [5.41, 5.74) is 7.28. The molecule has 0 aliphatic rings. The Hall–Kier alpha value is -1.37. The molecule has 1 aromatic carbocycles. The van der Waals surface area contributed by atoms with E-state index in [-0.39, 0.29) is 5.25 Å². The Kier molecular flexibility index (Phi) is 5.61. The van der Waals surface area contributed by atoms with Crippen LogP contribution in [-0.4, -0.2) is 30.4 Å². The summed E-state index contributed by atoms with van der Waals surface area (Å²) in [4.78, 5) is 8.74. The van der Waals surface area contributed by atoms with Crippen LogP contribution in [0.15, 0.2) is 18.2 Å². The van der Waals surface area contributed by atoms with Gasteiger partial charge in [-0.3, -0.25) is 0 Å². The smallest absolute Gasteiger partial charge is 0.220 e. The highest BCUT2D eigenvalue weighted by Crippen LogP contribution is 2.41. The lowest BCUT2D eigenvalue weighted by atomic mass is 10.1. The van der Waals surface area contributed by atoms with Gasteiger partial charge in [-0.05, 0) is 18.4 Å². The first kappa shape index (κ1) is 17.0. The molecule has 2 rings (SSSR count). The lowest BCUT2D eigenvalue weighted by molar-refractivity contribution is 0.368. The summed E-state index contributed by atoms with van der Waals surface area (Å²) in [6.45, 7) is 0. The molecule has 2 aromatic rings. The Morgan fingerprint density at radius 1 is 1.09 bits per heavy atom. The van der Waals surface area contributed by atoms with Crippen molar-refractivity contribution in [1.82, 2.24) is 9.97 Å². The van der Waals surface area contributed by atoms with Crippen LogP contribution in [0.3, 0.4) is 0 Å². The standard InChI is InChI=1S/C14H15Cl2N3O2S/c1-20-10-6-11(21-2)19-14(18-10)13(22-3)12-8(16)4-7(15)5-9(12)17/h4-6,13H,17H2,1-3H3. The van der Waals surface area contributed by atoms with Gasteiger partial charge >= 0.3 is 0 Å². The van der Waals surface area contributed by atoms with E-state index < -0.39 is 0 Å². The Morgan fingerprint density at radius 2 is 1.68 bits per heavy atom. The maximum absolute atomic E-state index is 6.31. The molecule has 0 amide bonds. The number of nitrogen functional groups attached to an aromatic ring is 1. The zero-order valence-electron chi connectivity index (χ0n) is 12.3. The first-order chi connectivity index (χ1) is 10.5. The number of anilines is 1. The van der Waals surface area contributed by atoms with E-state index >= 15 is 0 Å². The van der Waals surface area contributed by atoms with Crippen LogP contribution in [0.1, 0.15) is 16.6 Å². The highest BCUT2D eigenvalue weighted by Gasteiger charge is 2.23. The average molecular weight is 360 g/mol. The normalized spacial score (nSPS) is 12.0. The molecule has 0 saturated heterocycles. The van der Waals surface area contributed by atoms with Crippen molar-refractivity contribution in [2.24, 2.45) is 0 Å². The van der Waals surface area contributed by atoms with E-state index in [0.717, 1.165) is 0 Å². The summed E-state index contributed by atoms with van der Waals surface area (Å²) in [7, 11) is 3.06. The molecule has 0 bridgehead atoms. The maximum Gasteiger partial charge on any atom is 0.220 e. The predicted octanol–water partition coefficient (Wildman–Crippen LogP) is 3.84. The fourth-order valence-corrected chi connectivity index (χ4v) is 3.48. The second-order valence-corrected chi connectivity index (χ2v) is 6.10. The van der Waals surface area contributed by atoms with E-state index in [0.29, 0.717) is 38.9 Å². The molecule has 0 radical (unpaired) electrons. The molecule has 1 atom stereocenters. The molecule has 22 heavy (non-hydrogen) atoms. The third kappa shape index (κ3) is 3.51. The van der Waals surface area contributed by atoms with Gasteiger partial charge in [0.1, 0.15) is 0 Å². The number of hydrogen-bond donors (Lipinski definition) is 1. The molecule has 8 heteroatoms. The van der Waals surface area contributed by atoms with Crippen LogP contribution in [0, 0.1) is 0 Å². The Balaban J connectivity index is 2.58. The minimum absolute atomic E-state index is 0.270. The summed E-state index contributed by atoms with van der Waals surface area (Å²) in [6, 6.07) is 4.91. The number of nitrogens with zero attached hydrogens (tertiary/aromatic N) is 2. The van der Waals surface area contributed by atoms with E-state index in [1.165, 1.54) is 26.0 Å². The van der Waals surface area contributed by atoms with Crippen molar-refractivity contribution in [2.45, 2.75) is 5.25 Å². The Bertz CT molecular complexity index is 640. The summed E-state index contributed by atoms with van der Waals surface area (Å²) in [5.74, 6) is 1.31. The van der Waals surface area contributed by atoms with Crippen LogP contribution in [-0.2, 0) is 0 Å². The minimum Gasteiger partial charge on any atom is -0.481 e. The van der Waals surface area contributed by atoms with Gasteiger partial charge in [-0.15, -0.1) is 11.8 Å². The van der Waals surface area contributed by atoms with Gasteiger partial charge in [0.05, 0.1) is 25.5 Å². The van der Waals surface area contributed by atoms with Crippen molar-refractivity contribution in [1.29, 1.82) is 0 Å². The monoisotopic (exact) mass is 359 g/mol. The molecule has 5 nitrogen and oxygen atoms in total. The van der Waals surface area contributed by atoms with E-state index in [1.807, 2.05) is 6.26 Å². The summed E-state index contributed by atoms with van der Waals surface area (Å²) < 4.78 is 10.4. The van der Waals surface area contributed by atoms with Crippen LogP contribution >= 0.6 is 35.0 Å². The van der Waals surface area contributed by atoms with Crippen molar-refractivity contribution in [3.05, 3.63) is 39.6 Å². The third-order valence-electron chi connectivity index (χ3n) is 2.97. The van der Waals surface area contributed by atoms with Gasteiger partial charge in [-0.25, -0.2) is 0 Å². The number of rotatable bonds is 5. The van der Waals surface area contributed by atoms with Crippen LogP contribution in [0.5, 0.6) is 11.8 Å². The van der Waals surface area contributed by atoms with Crippen molar-refractivity contribution in [3.8, 4) is 11.8 Å². The number of methoxy groups -OCH3 is 2. The lowest BCUT2D eigenvalue weighted by Gasteiger charge is -2.18. The van der Waals surface area contributed by atoms with Crippen molar-refractivity contribution in [2.75, 3.05) is 26.2 Å². The van der Waals surface area contributed by atoms with Crippen molar-refractivity contribution >= 4 is 40.7 Å². The Morgan fingerprint density at radius 3 is 2.14 bits per heavy atom. The number of halogens is 2. The molecule has 0 aliphatic heterocycles. The molecule has 1 aromatic heterocycles. The number of hydrogen-bond acceptors (Lipinski definition) is 6. The predicted molar refractivity (Wildman–Crippen MR) is 91.4 cm³/mol. The van der Waals surface area contributed by atoms with Crippen LogP contribution in [0.2, 0.25) is 10.0 Å². The first-order valence-electron chi connectivity index (χ1n) is 6.24. The van der Waals surface area contributed by atoms with Crippen molar-refractivity contribution < 1.29 is 9.47 Å². The molecular weight excluding hydrogens is 345 g/mol. The minimum atomic E-state index is -0.270. The number of nitrogens with two attached hydrogens (primary N) is 1. The first-order valence-corrected chi connectivity index (χ1v) is 8.28. The maximum atomic E-state index is 6.31. The van der Waals surface area contributed by atoms with E-state index in [4.69, 9.17) is 38.4 Å². The summed E-state index contributed by atoms with van der Waals surface area (Å²) >= 11 is 13.8. The molecule has 2 N–H and O–H groups in total. The summed E-state index contributed by atoms with van der Waals surface area (Å²) in [6.07, 6.45) is 1.92. The van der Waals surface area contributed by atoms with E-state index in [2.05, 4.69) is 9.97 Å². The van der Waals surface area contributed by atoms with Gasteiger partial charge in [-0.1, -0.05) is 23.2 Å². The van der Waals surface area contributed by atoms with Gasteiger partial charge < -0.3 is 15.2 Å². The molecule has 0 saturated carbocycles. The van der Waals surface area contributed by atoms with Crippen LogP contribution < -0.4 is 15.2 Å². The highest BCUT2D eigenvalue weighted by atomic mass is 35.5. The van der Waals surface area contributed by atoms with Crippen LogP contribution in [0.25, 0.3) is 0 Å². The van der Waals surface area contributed by atoms with Crippen LogP contribution in [0.4, 0.5) is 5.69 Å². The number of benzene rings is 1. The molecule has 118 valence electrons. The molecule has 0 spiro atoms. The lowest BCUT2D eigenvalue weighted by Crippen LogP contribution is -2.08. The largest absolute Gasteiger partial charge is 0.481 e. The number of thioether (sulfide) groups is 1. The van der Waals surface area contributed by atoms with E-state index in [1.54, 1.807) is 18.2 Å². The van der Waals surface area contributed by atoms with Gasteiger partial charge in [0.15, 0.2) is 5.82 Å². The van der Waals surface area contributed by atoms with Gasteiger partial charge in [-0.2, -0.15) is 9.97 Å². The second kappa shape index (κ2) is 7.26. The van der Waals surface area contributed by atoms with Gasteiger partial charge in [0.25, 0.3) is 0 Å². The second-order valence-electron chi connectivity index (χ2n) is 4.32. The number of aromatic nitrogens is 2. The molecule has 1 heterocycles. The van der Waals surface area contributed by atoms with Gasteiger partial charge in [0, 0.05) is 21.3 Å². The molecular formula is C14H15Cl2N3O2S. The molecule has 1 unspecified atom stereocenters. The van der Waals surface area contributed by atoms with E-state index in [9.17, 15) is 0 Å². The molecule has 0 aliphatic carbocycles. The topological polar surface area (TPSA) is 70.3 Å². The highest BCUT2D eigenvalue weighted by molar-refractivity contribution is 7.99. The SMILES string of the molecule is COc1cc(OC)nc(C(SC)c2c(N)cc(Cl)cc2Cl)n1. The zero-order valence-corrected chi connectivity index (χ0v) is 14.6. The van der Waals surface area contributed by atoms with Gasteiger partial charge in [0.2, 0.25) is 11.8 Å². The average Bonchev–Trinajstić information content (AvgIpc) is 2.49. The van der Waals surface area contributed by atoms with Crippen molar-refractivity contribution in [3.63, 3.8) is 0 Å². The zero-order chi connectivity index (χ0) is 16.3.